The average molecular weight is 144 g/mol. The van der Waals surface area contributed by atoms with Crippen LogP contribution in [0.15, 0.2) is 0 Å². The van der Waals surface area contributed by atoms with Crippen molar-refractivity contribution in [1.82, 2.24) is 10.6 Å². The molecule has 58 valence electrons. The van der Waals surface area contributed by atoms with Gasteiger partial charge in [-0.1, -0.05) is 0 Å². The minimum atomic E-state index is -0.924. The standard InChI is InChI=1S/C6H12N2O2/c9-6(10)8-2-1-5-3-7-4-5/h5,7-8H,1-4H2,(H,9,10). The van der Waals surface area contributed by atoms with E-state index < -0.39 is 6.09 Å². The van der Waals surface area contributed by atoms with Crippen LogP contribution in [0.2, 0.25) is 0 Å². The molecule has 1 rings (SSSR count). The molecule has 0 spiro atoms. The van der Waals surface area contributed by atoms with Crippen molar-refractivity contribution in [2.24, 2.45) is 5.92 Å². The van der Waals surface area contributed by atoms with Crippen molar-refractivity contribution in [2.75, 3.05) is 19.6 Å². The monoisotopic (exact) mass is 144 g/mol. The largest absolute Gasteiger partial charge is 0.465 e. The summed E-state index contributed by atoms with van der Waals surface area (Å²) in [7, 11) is 0. The second-order valence-corrected chi connectivity index (χ2v) is 2.54. The van der Waals surface area contributed by atoms with E-state index in [1.807, 2.05) is 0 Å². The van der Waals surface area contributed by atoms with Gasteiger partial charge >= 0.3 is 6.09 Å². The van der Waals surface area contributed by atoms with Crippen molar-refractivity contribution < 1.29 is 9.90 Å². The first-order chi connectivity index (χ1) is 4.79. The van der Waals surface area contributed by atoms with Gasteiger partial charge in [-0.05, 0) is 25.4 Å². The fraction of sp³-hybridized carbons (Fsp3) is 0.833. The van der Waals surface area contributed by atoms with E-state index in [0.29, 0.717) is 12.5 Å². The number of nitrogens with one attached hydrogen (secondary N) is 2. The van der Waals surface area contributed by atoms with Gasteiger partial charge in [-0.15, -0.1) is 0 Å². The molecule has 1 heterocycles. The molecule has 0 bridgehead atoms. The van der Waals surface area contributed by atoms with E-state index in [4.69, 9.17) is 5.11 Å². The lowest BCUT2D eigenvalue weighted by atomic mass is 10.00. The van der Waals surface area contributed by atoms with E-state index in [0.717, 1.165) is 19.5 Å². The summed E-state index contributed by atoms with van der Waals surface area (Å²) in [6.45, 7) is 2.67. The first kappa shape index (κ1) is 7.34. The molecule has 4 nitrogen and oxygen atoms in total. The topological polar surface area (TPSA) is 61.4 Å². The van der Waals surface area contributed by atoms with E-state index >= 15 is 0 Å². The Morgan fingerprint density at radius 1 is 1.70 bits per heavy atom. The number of hydrogen-bond donors (Lipinski definition) is 3. The molecule has 1 aliphatic rings. The molecule has 1 amide bonds. The molecule has 0 aromatic rings. The lowest BCUT2D eigenvalue weighted by molar-refractivity contribution is 0.192. The summed E-state index contributed by atoms with van der Waals surface area (Å²) in [6.07, 6.45) is 0.0338. The highest BCUT2D eigenvalue weighted by Gasteiger charge is 2.15. The Kier molecular flexibility index (Phi) is 2.50. The minimum absolute atomic E-state index is 0.585. The quantitative estimate of drug-likeness (QED) is 0.516. The lowest BCUT2D eigenvalue weighted by Gasteiger charge is -2.26. The molecule has 1 fully saturated rings. The number of carboxylic acid groups (broad SMARTS) is 1. The summed E-state index contributed by atoms with van der Waals surface area (Å²) in [5, 5.41) is 13.6. The molecule has 0 aromatic carbocycles. The van der Waals surface area contributed by atoms with E-state index in [9.17, 15) is 4.79 Å². The molecule has 0 unspecified atom stereocenters. The van der Waals surface area contributed by atoms with Gasteiger partial charge in [0.25, 0.3) is 0 Å². The van der Waals surface area contributed by atoms with Crippen LogP contribution in [0.3, 0.4) is 0 Å². The maximum absolute atomic E-state index is 9.96. The van der Waals surface area contributed by atoms with Gasteiger partial charge in [-0.3, -0.25) is 0 Å². The molecule has 10 heavy (non-hydrogen) atoms. The molecule has 4 heteroatoms. The summed E-state index contributed by atoms with van der Waals surface area (Å²) in [6, 6.07) is 0. The summed E-state index contributed by atoms with van der Waals surface area (Å²) >= 11 is 0. The molecule has 0 aromatic heterocycles. The van der Waals surface area contributed by atoms with E-state index in [1.165, 1.54) is 0 Å². The van der Waals surface area contributed by atoms with Crippen LogP contribution in [0.25, 0.3) is 0 Å². The average Bonchev–Trinajstić information content (AvgIpc) is 1.75. The van der Waals surface area contributed by atoms with Gasteiger partial charge in [0.1, 0.15) is 0 Å². The van der Waals surface area contributed by atoms with Crippen molar-refractivity contribution >= 4 is 6.09 Å². The zero-order valence-electron chi connectivity index (χ0n) is 5.76. The predicted molar refractivity (Wildman–Crippen MR) is 37.0 cm³/mol. The Hall–Kier alpha value is -0.770. The Morgan fingerprint density at radius 3 is 2.80 bits per heavy atom. The van der Waals surface area contributed by atoms with Crippen molar-refractivity contribution in [3.8, 4) is 0 Å². The number of amides is 1. The third-order valence-corrected chi connectivity index (χ3v) is 1.69. The van der Waals surface area contributed by atoms with Gasteiger partial charge in [-0.2, -0.15) is 0 Å². The Bertz CT molecular complexity index is 123. The maximum Gasteiger partial charge on any atom is 0.404 e. The van der Waals surface area contributed by atoms with Crippen LogP contribution in [0.5, 0.6) is 0 Å². The molecule has 0 aliphatic carbocycles. The smallest absolute Gasteiger partial charge is 0.404 e. The van der Waals surface area contributed by atoms with Crippen LogP contribution < -0.4 is 10.6 Å². The fourth-order valence-electron chi connectivity index (χ4n) is 0.936. The van der Waals surface area contributed by atoms with Crippen molar-refractivity contribution in [3.63, 3.8) is 0 Å². The van der Waals surface area contributed by atoms with Crippen LogP contribution in [0.4, 0.5) is 4.79 Å². The summed E-state index contributed by atoms with van der Waals surface area (Å²) in [4.78, 5) is 9.96. The predicted octanol–water partition coefficient (Wildman–Crippen LogP) is -0.137. The number of hydrogen-bond acceptors (Lipinski definition) is 2. The van der Waals surface area contributed by atoms with E-state index in [-0.39, 0.29) is 0 Å². The normalized spacial score (nSPS) is 18.0. The van der Waals surface area contributed by atoms with Gasteiger partial charge in [0.15, 0.2) is 0 Å². The lowest BCUT2D eigenvalue weighted by Crippen LogP contribution is -2.43. The van der Waals surface area contributed by atoms with Gasteiger partial charge in [0, 0.05) is 6.54 Å². The first-order valence-corrected chi connectivity index (χ1v) is 3.46. The van der Waals surface area contributed by atoms with Crippen molar-refractivity contribution in [1.29, 1.82) is 0 Å². The Balaban J connectivity index is 1.89. The number of rotatable bonds is 3. The summed E-state index contributed by atoms with van der Waals surface area (Å²) in [5.74, 6) is 0.687. The molecular formula is C6H12N2O2. The highest BCUT2D eigenvalue weighted by molar-refractivity contribution is 5.64. The second-order valence-electron chi connectivity index (χ2n) is 2.54. The van der Waals surface area contributed by atoms with Crippen LogP contribution >= 0.6 is 0 Å². The van der Waals surface area contributed by atoms with E-state index in [2.05, 4.69) is 10.6 Å². The molecule has 3 N–H and O–H groups in total. The summed E-state index contributed by atoms with van der Waals surface area (Å²) in [5.41, 5.74) is 0. The highest BCUT2D eigenvalue weighted by atomic mass is 16.4. The van der Waals surface area contributed by atoms with Gasteiger partial charge in [-0.25, -0.2) is 4.79 Å². The fourth-order valence-corrected chi connectivity index (χ4v) is 0.936. The zero-order chi connectivity index (χ0) is 7.40. The molecule has 0 saturated carbocycles. The maximum atomic E-state index is 9.96. The van der Waals surface area contributed by atoms with E-state index in [1.54, 1.807) is 0 Å². The van der Waals surface area contributed by atoms with Gasteiger partial charge in [0.05, 0.1) is 0 Å². The Morgan fingerprint density at radius 2 is 2.40 bits per heavy atom. The van der Waals surface area contributed by atoms with Crippen LogP contribution in [-0.2, 0) is 0 Å². The van der Waals surface area contributed by atoms with Gasteiger partial charge in [0.2, 0.25) is 0 Å². The Labute approximate surface area is 59.6 Å². The van der Waals surface area contributed by atoms with Gasteiger partial charge < -0.3 is 15.7 Å². The second kappa shape index (κ2) is 3.41. The molecule has 0 radical (unpaired) electrons. The van der Waals surface area contributed by atoms with Crippen molar-refractivity contribution in [2.45, 2.75) is 6.42 Å². The molecular weight excluding hydrogens is 132 g/mol. The van der Waals surface area contributed by atoms with Crippen LogP contribution in [0.1, 0.15) is 6.42 Å². The molecule has 1 saturated heterocycles. The molecule has 0 atom stereocenters. The third-order valence-electron chi connectivity index (χ3n) is 1.69. The zero-order valence-corrected chi connectivity index (χ0v) is 5.76. The molecule has 1 aliphatic heterocycles. The SMILES string of the molecule is O=C(O)NCCC1CNC1. The van der Waals surface area contributed by atoms with Crippen molar-refractivity contribution in [3.05, 3.63) is 0 Å². The minimum Gasteiger partial charge on any atom is -0.465 e. The highest BCUT2D eigenvalue weighted by Crippen LogP contribution is 2.05. The third kappa shape index (κ3) is 2.23. The summed E-state index contributed by atoms with van der Waals surface area (Å²) < 4.78 is 0. The van der Waals surface area contributed by atoms with Crippen LogP contribution in [0, 0.1) is 5.92 Å². The first-order valence-electron chi connectivity index (χ1n) is 3.46. The number of carbonyl (C=O) groups is 1. The van der Waals surface area contributed by atoms with Crippen LogP contribution in [-0.4, -0.2) is 30.8 Å².